The lowest BCUT2D eigenvalue weighted by Crippen LogP contribution is -2.40. The molecule has 1 aliphatic rings. The standard InChI is InChI=1S/C15H22N2O2/c1-11-5-7-12(8-6-11)15(19)17-10-9-16-13-3-2-4-14(13)18/h5-8,13-14,16,18H,2-4,9-10H2,1H3,(H,17,19)/t13-,14-/m1/s1. The minimum absolute atomic E-state index is 0.0474. The maximum Gasteiger partial charge on any atom is 0.251 e. The van der Waals surface area contributed by atoms with Crippen LogP contribution >= 0.6 is 0 Å². The van der Waals surface area contributed by atoms with Crippen LogP contribution in [0.15, 0.2) is 24.3 Å². The lowest BCUT2D eigenvalue weighted by Gasteiger charge is -2.16. The number of benzene rings is 1. The smallest absolute Gasteiger partial charge is 0.251 e. The molecule has 19 heavy (non-hydrogen) atoms. The third kappa shape index (κ3) is 4.04. The predicted octanol–water partition coefficient (Wildman–Crippen LogP) is 1.23. The molecule has 1 saturated carbocycles. The van der Waals surface area contributed by atoms with Gasteiger partial charge in [-0.05, 0) is 38.3 Å². The maximum atomic E-state index is 11.8. The summed E-state index contributed by atoms with van der Waals surface area (Å²) < 4.78 is 0. The second-order valence-corrected chi connectivity index (χ2v) is 5.18. The van der Waals surface area contributed by atoms with Crippen LogP contribution < -0.4 is 10.6 Å². The van der Waals surface area contributed by atoms with Crippen LogP contribution in [0.1, 0.15) is 35.2 Å². The van der Waals surface area contributed by atoms with E-state index >= 15 is 0 Å². The molecule has 0 spiro atoms. The fourth-order valence-electron chi connectivity index (χ4n) is 2.42. The van der Waals surface area contributed by atoms with Crippen molar-refractivity contribution < 1.29 is 9.90 Å². The third-order valence-corrected chi connectivity index (χ3v) is 3.61. The van der Waals surface area contributed by atoms with Crippen LogP contribution in [0.25, 0.3) is 0 Å². The number of carbonyl (C=O) groups is 1. The van der Waals surface area contributed by atoms with E-state index in [9.17, 15) is 9.90 Å². The van der Waals surface area contributed by atoms with E-state index in [0.29, 0.717) is 18.7 Å². The summed E-state index contributed by atoms with van der Waals surface area (Å²) in [4.78, 5) is 11.8. The van der Waals surface area contributed by atoms with E-state index in [1.54, 1.807) is 0 Å². The number of hydrogen-bond acceptors (Lipinski definition) is 3. The van der Waals surface area contributed by atoms with Gasteiger partial charge in [-0.15, -0.1) is 0 Å². The van der Waals surface area contributed by atoms with Crippen molar-refractivity contribution in [2.45, 2.75) is 38.3 Å². The van der Waals surface area contributed by atoms with Gasteiger partial charge in [0.1, 0.15) is 0 Å². The number of aryl methyl sites for hydroxylation is 1. The third-order valence-electron chi connectivity index (χ3n) is 3.61. The maximum absolute atomic E-state index is 11.8. The Balaban J connectivity index is 1.68. The molecule has 1 aromatic carbocycles. The molecule has 1 fully saturated rings. The van der Waals surface area contributed by atoms with Gasteiger partial charge in [-0.3, -0.25) is 4.79 Å². The molecule has 0 aliphatic heterocycles. The fraction of sp³-hybridized carbons (Fsp3) is 0.533. The Morgan fingerprint density at radius 2 is 2.00 bits per heavy atom. The van der Waals surface area contributed by atoms with E-state index < -0.39 is 0 Å². The zero-order valence-corrected chi connectivity index (χ0v) is 11.4. The molecule has 1 aromatic rings. The Morgan fingerprint density at radius 1 is 1.26 bits per heavy atom. The summed E-state index contributed by atoms with van der Waals surface area (Å²) in [6.45, 7) is 3.27. The number of aliphatic hydroxyl groups is 1. The Kier molecular flexibility index (Phi) is 4.93. The number of rotatable bonds is 5. The molecule has 2 atom stereocenters. The monoisotopic (exact) mass is 262 g/mol. The molecule has 0 aromatic heterocycles. The van der Waals surface area contributed by atoms with Gasteiger partial charge in [-0.2, -0.15) is 0 Å². The molecule has 1 aliphatic carbocycles. The van der Waals surface area contributed by atoms with E-state index in [1.807, 2.05) is 31.2 Å². The topological polar surface area (TPSA) is 61.4 Å². The van der Waals surface area contributed by atoms with Crippen molar-refractivity contribution in [3.8, 4) is 0 Å². The minimum Gasteiger partial charge on any atom is -0.392 e. The Labute approximate surface area is 114 Å². The van der Waals surface area contributed by atoms with Crippen molar-refractivity contribution in [1.29, 1.82) is 0 Å². The number of amides is 1. The lowest BCUT2D eigenvalue weighted by molar-refractivity contribution is 0.0952. The van der Waals surface area contributed by atoms with Crippen LogP contribution in [0.4, 0.5) is 0 Å². The molecule has 0 heterocycles. The molecule has 0 bridgehead atoms. The van der Waals surface area contributed by atoms with Crippen molar-refractivity contribution in [3.05, 3.63) is 35.4 Å². The SMILES string of the molecule is Cc1ccc(C(=O)NCCN[C@@H]2CCC[C@H]2O)cc1. The number of aliphatic hydroxyl groups excluding tert-OH is 1. The lowest BCUT2D eigenvalue weighted by atomic mass is 10.1. The molecular formula is C15H22N2O2. The molecule has 4 nitrogen and oxygen atoms in total. The van der Waals surface area contributed by atoms with Gasteiger partial charge in [-0.1, -0.05) is 17.7 Å². The highest BCUT2D eigenvalue weighted by Gasteiger charge is 2.23. The molecule has 4 heteroatoms. The molecule has 3 N–H and O–H groups in total. The molecule has 104 valence electrons. The van der Waals surface area contributed by atoms with Crippen LogP contribution in [-0.4, -0.2) is 36.2 Å². The zero-order chi connectivity index (χ0) is 13.7. The Hall–Kier alpha value is -1.39. The van der Waals surface area contributed by atoms with Crippen LogP contribution in [0.3, 0.4) is 0 Å². The first kappa shape index (κ1) is 14.0. The van der Waals surface area contributed by atoms with Gasteiger partial charge in [0, 0.05) is 24.7 Å². The fourth-order valence-corrected chi connectivity index (χ4v) is 2.42. The van der Waals surface area contributed by atoms with Crippen LogP contribution in [0.5, 0.6) is 0 Å². The van der Waals surface area contributed by atoms with Crippen molar-refractivity contribution in [1.82, 2.24) is 10.6 Å². The average Bonchev–Trinajstić information content (AvgIpc) is 2.81. The summed E-state index contributed by atoms with van der Waals surface area (Å²) >= 11 is 0. The van der Waals surface area contributed by atoms with Crippen LogP contribution in [-0.2, 0) is 0 Å². The van der Waals surface area contributed by atoms with Crippen LogP contribution in [0, 0.1) is 6.92 Å². The average molecular weight is 262 g/mol. The van der Waals surface area contributed by atoms with E-state index in [4.69, 9.17) is 0 Å². The van der Waals surface area contributed by atoms with Gasteiger partial charge >= 0.3 is 0 Å². The van der Waals surface area contributed by atoms with Crippen molar-refractivity contribution in [3.63, 3.8) is 0 Å². The minimum atomic E-state index is -0.229. The summed E-state index contributed by atoms with van der Waals surface area (Å²) in [5.74, 6) is -0.0474. The quantitative estimate of drug-likeness (QED) is 0.699. The van der Waals surface area contributed by atoms with Crippen molar-refractivity contribution in [2.24, 2.45) is 0 Å². The van der Waals surface area contributed by atoms with Crippen LogP contribution in [0.2, 0.25) is 0 Å². The summed E-state index contributed by atoms with van der Waals surface area (Å²) in [5, 5.41) is 15.8. The summed E-state index contributed by atoms with van der Waals surface area (Å²) in [5.41, 5.74) is 1.83. The highest BCUT2D eigenvalue weighted by Crippen LogP contribution is 2.18. The van der Waals surface area contributed by atoms with Gasteiger partial charge in [-0.25, -0.2) is 0 Å². The molecule has 1 amide bonds. The molecule has 0 saturated heterocycles. The summed E-state index contributed by atoms with van der Waals surface area (Å²) in [6.07, 6.45) is 2.75. The molecule has 0 radical (unpaired) electrons. The highest BCUT2D eigenvalue weighted by atomic mass is 16.3. The summed E-state index contributed by atoms with van der Waals surface area (Å²) in [7, 11) is 0. The van der Waals surface area contributed by atoms with E-state index in [2.05, 4.69) is 10.6 Å². The van der Waals surface area contributed by atoms with Gasteiger partial charge in [0.05, 0.1) is 6.10 Å². The first-order chi connectivity index (χ1) is 9.16. The number of nitrogens with one attached hydrogen (secondary N) is 2. The Bertz CT molecular complexity index is 417. The second kappa shape index (κ2) is 6.68. The highest BCUT2D eigenvalue weighted by molar-refractivity contribution is 5.94. The van der Waals surface area contributed by atoms with Gasteiger partial charge in [0.15, 0.2) is 0 Å². The zero-order valence-electron chi connectivity index (χ0n) is 11.4. The second-order valence-electron chi connectivity index (χ2n) is 5.18. The van der Waals surface area contributed by atoms with Gasteiger partial charge in [0.2, 0.25) is 0 Å². The summed E-state index contributed by atoms with van der Waals surface area (Å²) in [6, 6.07) is 7.72. The number of hydrogen-bond donors (Lipinski definition) is 3. The normalized spacial score (nSPS) is 22.4. The first-order valence-corrected chi connectivity index (χ1v) is 6.93. The largest absolute Gasteiger partial charge is 0.392 e. The molecule has 0 unspecified atom stereocenters. The van der Waals surface area contributed by atoms with Crippen molar-refractivity contribution >= 4 is 5.91 Å². The number of carbonyl (C=O) groups excluding carboxylic acids is 1. The van der Waals surface area contributed by atoms with Gasteiger partial charge < -0.3 is 15.7 Å². The van der Waals surface area contributed by atoms with E-state index in [-0.39, 0.29) is 18.1 Å². The van der Waals surface area contributed by atoms with E-state index in [0.717, 1.165) is 24.8 Å². The predicted molar refractivity (Wildman–Crippen MR) is 75.2 cm³/mol. The molecule has 2 rings (SSSR count). The van der Waals surface area contributed by atoms with Gasteiger partial charge in [0.25, 0.3) is 5.91 Å². The molecular weight excluding hydrogens is 240 g/mol. The van der Waals surface area contributed by atoms with Crippen molar-refractivity contribution in [2.75, 3.05) is 13.1 Å². The van der Waals surface area contributed by atoms with E-state index in [1.165, 1.54) is 0 Å². The first-order valence-electron chi connectivity index (χ1n) is 6.93. The Morgan fingerprint density at radius 3 is 2.63 bits per heavy atom.